The maximum atomic E-state index is 5.92. The van der Waals surface area contributed by atoms with Crippen molar-refractivity contribution in [1.29, 1.82) is 0 Å². The zero-order valence-electron chi connectivity index (χ0n) is 9.15. The molecule has 3 N–H and O–H groups in total. The molecule has 0 aliphatic heterocycles. The second-order valence-electron chi connectivity index (χ2n) is 3.55. The largest absolute Gasteiger partial charge is 0.388 e. The van der Waals surface area contributed by atoms with E-state index in [4.69, 9.17) is 29.6 Å². The molecule has 0 saturated carbocycles. The van der Waals surface area contributed by atoms with Gasteiger partial charge in [-0.15, -0.1) is 0 Å². The molecular formula is C12H9BrClN3S. The van der Waals surface area contributed by atoms with Gasteiger partial charge >= 0.3 is 0 Å². The number of nitrogens with two attached hydrogens (primary N) is 1. The monoisotopic (exact) mass is 341 g/mol. The third-order valence-corrected chi connectivity index (χ3v) is 3.65. The number of anilines is 2. The number of hydrogen-bond donors (Lipinski definition) is 2. The highest BCUT2D eigenvalue weighted by molar-refractivity contribution is 9.10. The number of rotatable bonds is 3. The van der Waals surface area contributed by atoms with Crippen LogP contribution >= 0.6 is 39.7 Å². The molecule has 3 nitrogen and oxygen atoms in total. The molecule has 0 unspecified atom stereocenters. The van der Waals surface area contributed by atoms with Gasteiger partial charge in [-0.05, 0) is 46.3 Å². The quantitative estimate of drug-likeness (QED) is 0.831. The first kappa shape index (κ1) is 13.3. The van der Waals surface area contributed by atoms with E-state index in [-0.39, 0.29) is 4.99 Å². The average Bonchev–Trinajstić information content (AvgIpc) is 2.34. The first-order valence-electron chi connectivity index (χ1n) is 5.04. The molecule has 0 spiro atoms. The van der Waals surface area contributed by atoms with Gasteiger partial charge in [0.15, 0.2) is 0 Å². The normalized spacial score (nSPS) is 10.1. The average molecular weight is 343 g/mol. The van der Waals surface area contributed by atoms with Crippen LogP contribution in [0.2, 0.25) is 5.02 Å². The number of nitrogens with one attached hydrogen (secondary N) is 1. The highest BCUT2D eigenvalue weighted by Gasteiger charge is 2.01. The van der Waals surface area contributed by atoms with Gasteiger partial charge < -0.3 is 11.1 Å². The van der Waals surface area contributed by atoms with Gasteiger partial charge in [0.25, 0.3) is 0 Å². The predicted octanol–water partition coefficient (Wildman–Crippen LogP) is 3.88. The predicted molar refractivity (Wildman–Crippen MR) is 82.6 cm³/mol. The molecule has 1 heterocycles. The maximum absolute atomic E-state index is 5.92. The van der Waals surface area contributed by atoms with Crippen molar-refractivity contribution in [3.8, 4) is 0 Å². The second kappa shape index (κ2) is 5.65. The number of aromatic nitrogens is 1. The fourth-order valence-electron chi connectivity index (χ4n) is 1.35. The van der Waals surface area contributed by atoms with Crippen molar-refractivity contribution >= 4 is 56.1 Å². The van der Waals surface area contributed by atoms with Crippen LogP contribution in [0.25, 0.3) is 0 Å². The van der Waals surface area contributed by atoms with Gasteiger partial charge in [-0.1, -0.05) is 23.8 Å². The summed E-state index contributed by atoms with van der Waals surface area (Å²) in [6, 6.07) is 9.22. The highest BCUT2D eigenvalue weighted by Crippen LogP contribution is 2.27. The third kappa shape index (κ3) is 3.19. The van der Waals surface area contributed by atoms with Crippen LogP contribution in [0.3, 0.4) is 0 Å². The Kier molecular flexibility index (Phi) is 4.16. The topological polar surface area (TPSA) is 50.9 Å². The summed E-state index contributed by atoms with van der Waals surface area (Å²) in [7, 11) is 0. The lowest BCUT2D eigenvalue weighted by Gasteiger charge is -2.07. The smallest absolute Gasteiger partial charge is 0.122 e. The molecule has 0 atom stereocenters. The Morgan fingerprint density at radius 1 is 1.28 bits per heavy atom. The lowest BCUT2D eigenvalue weighted by atomic mass is 10.3. The van der Waals surface area contributed by atoms with Crippen LogP contribution < -0.4 is 11.1 Å². The van der Waals surface area contributed by atoms with Crippen LogP contribution in [-0.4, -0.2) is 9.97 Å². The van der Waals surface area contributed by atoms with Gasteiger partial charge in [-0.3, -0.25) is 4.98 Å². The summed E-state index contributed by atoms with van der Waals surface area (Å²) in [5.74, 6) is 0. The molecule has 0 aliphatic carbocycles. The molecule has 1 aromatic heterocycles. The molecule has 0 saturated heterocycles. The Labute approximate surface area is 123 Å². The van der Waals surface area contributed by atoms with Gasteiger partial charge in [0.05, 0.1) is 22.6 Å². The highest BCUT2D eigenvalue weighted by atomic mass is 79.9. The molecule has 0 radical (unpaired) electrons. The Hall–Kier alpha value is -1.17. The van der Waals surface area contributed by atoms with E-state index in [1.54, 1.807) is 12.3 Å². The number of benzene rings is 1. The lowest BCUT2D eigenvalue weighted by molar-refractivity contribution is 1.29. The molecular weight excluding hydrogens is 334 g/mol. The van der Waals surface area contributed by atoms with E-state index < -0.39 is 0 Å². The zero-order chi connectivity index (χ0) is 13.1. The summed E-state index contributed by atoms with van der Waals surface area (Å²) in [5.41, 5.74) is 7.85. The molecule has 2 rings (SSSR count). The summed E-state index contributed by atoms with van der Waals surface area (Å²) in [4.78, 5) is 4.44. The van der Waals surface area contributed by atoms with Crippen LogP contribution in [0.15, 0.2) is 41.0 Å². The summed E-state index contributed by atoms with van der Waals surface area (Å²) < 4.78 is 0.835. The van der Waals surface area contributed by atoms with Crippen molar-refractivity contribution in [2.45, 2.75) is 0 Å². The van der Waals surface area contributed by atoms with Gasteiger partial charge in [0.2, 0.25) is 0 Å². The first-order chi connectivity index (χ1) is 8.56. The number of thiocarbonyl (C=S) groups is 1. The standard InChI is InChI=1S/C12H9BrClN3S/c13-9-5-7(1-3-10(9)14)17-8-2-4-11(12(15)18)16-6-8/h1-6,17H,(H2,15,18). The van der Waals surface area contributed by atoms with Crippen LogP contribution in [0, 0.1) is 0 Å². The fourth-order valence-corrected chi connectivity index (χ4v) is 1.97. The van der Waals surface area contributed by atoms with E-state index in [9.17, 15) is 0 Å². The van der Waals surface area contributed by atoms with Crippen LogP contribution in [-0.2, 0) is 0 Å². The minimum atomic E-state index is 0.288. The fraction of sp³-hybridized carbons (Fsp3) is 0. The summed E-state index contributed by atoms with van der Waals surface area (Å²) >= 11 is 14.1. The van der Waals surface area contributed by atoms with E-state index in [0.717, 1.165) is 15.8 Å². The maximum Gasteiger partial charge on any atom is 0.122 e. The van der Waals surface area contributed by atoms with Crippen LogP contribution in [0.4, 0.5) is 11.4 Å². The summed E-state index contributed by atoms with van der Waals surface area (Å²) in [6.45, 7) is 0. The second-order valence-corrected chi connectivity index (χ2v) is 5.25. The van der Waals surface area contributed by atoms with Gasteiger partial charge in [0, 0.05) is 10.2 Å². The Balaban J connectivity index is 2.18. The summed E-state index contributed by atoms with van der Waals surface area (Å²) in [6.07, 6.45) is 1.68. The van der Waals surface area contributed by atoms with E-state index in [1.165, 1.54) is 0 Å². The van der Waals surface area contributed by atoms with Crippen LogP contribution in [0.5, 0.6) is 0 Å². The molecule has 1 aromatic carbocycles. The van der Waals surface area contributed by atoms with Crippen molar-refractivity contribution in [3.63, 3.8) is 0 Å². The Morgan fingerprint density at radius 3 is 2.56 bits per heavy atom. The van der Waals surface area contributed by atoms with E-state index in [1.807, 2.05) is 24.3 Å². The lowest BCUT2D eigenvalue weighted by Crippen LogP contribution is -2.11. The molecule has 0 fully saturated rings. The molecule has 6 heteroatoms. The Morgan fingerprint density at radius 2 is 2.00 bits per heavy atom. The van der Waals surface area contributed by atoms with Gasteiger partial charge in [-0.2, -0.15) is 0 Å². The van der Waals surface area contributed by atoms with Crippen molar-refractivity contribution < 1.29 is 0 Å². The van der Waals surface area contributed by atoms with Gasteiger partial charge in [-0.25, -0.2) is 0 Å². The SMILES string of the molecule is NC(=S)c1ccc(Nc2ccc(Cl)c(Br)c2)cn1. The summed E-state index contributed by atoms with van der Waals surface area (Å²) in [5, 5.41) is 3.87. The number of nitrogens with zero attached hydrogens (tertiary/aromatic N) is 1. The minimum absolute atomic E-state index is 0.288. The molecule has 92 valence electrons. The molecule has 0 amide bonds. The van der Waals surface area contributed by atoms with E-state index in [2.05, 4.69) is 26.2 Å². The van der Waals surface area contributed by atoms with Crippen molar-refractivity contribution in [1.82, 2.24) is 4.98 Å². The third-order valence-electron chi connectivity index (χ3n) is 2.22. The molecule has 0 bridgehead atoms. The zero-order valence-corrected chi connectivity index (χ0v) is 12.3. The van der Waals surface area contributed by atoms with E-state index >= 15 is 0 Å². The number of halogens is 2. The molecule has 0 aliphatic rings. The number of hydrogen-bond acceptors (Lipinski definition) is 3. The first-order valence-corrected chi connectivity index (χ1v) is 6.62. The Bertz CT molecular complexity index is 586. The number of pyridine rings is 1. The van der Waals surface area contributed by atoms with Crippen LogP contribution in [0.1, 0.15) is 5.69 Å². The molecule has 18 heavy (non-hydrogen) atoms. The van der Waals surface area contributed by atoms with Crippen molar-refractivity contribution in [3.05, 3.63) is 51.7 Å². The molecule has 2 aromatic rings. The van der Waals surface area contributed by atoms with Crippen molar-refractivity contribution in [2.24, 2.45) is 5.73 Å². The van der Waals surface area contributed by atoms with E-state index in [0.29, 0.717) is 10.7 Å². The minimum Gasteiger partial charge on any atom is -0.388 e. The van der Waals surface area contributed by atoms with Crippen molar-refractivity contribution in [2.75, 3.05) is 5.32 Å². The van der Waals surface area contributed by atoms with Gasteiger partial charge in [0.1, 0.15) is 4.99 Å².